The predicted octanol–water partition coefficient (Wildman–Crippen LogP) is 3.39. The monoisotopic (exact) mass is 440 g/mol. The maximum atomic E-state index is 13.1. The molecule has 0 spiro atoms. The highest BCUT2D eigenvalue weighted by Gasteiger charge is 2.36. The minimum absolute atomic E-state index is 0.0142. The van der Waals surface area contributed by atoms with Crippen molar-refractivity contribution >= 4 is 11.8 Å². The number of piperidine rings is 1. The van der Waals surface area contributed by atoms with Crippen molar-refractivity contribution in [3.8, 4) is 5.75 Å². The Morgan fingerprint density at radius 3 is 2.66 bits per heavy atom. The van der Waals surface area contributed by atoms with Crippen molar-refractivity contribution in [2.75, 3.05) is 33.9 Å². The van der Waals surface area contributed by atoms with E-state index in [1.54, 1.807) is 24.1 Å². The molecule has 172 valence electrons. The van der Waals surface area contributed by atoms with Crippen LogP contribution < -0.4 is 4.74 Å². The van der Waals surface area contributed by atoms with E-state index in [1.165, 1.54) is 6.26 Å². The van der Waals surface area contributed by atoms with Gasteiger partial charge < -0.3 is 23.7 Å². The van der Waals surface area contributed by atoms with Gasteiger partial charge in [-0.05, 0) is 67.9 Å². The Labute approximate surface area is 189 Å². The van der Waals surface area contributed by atoms with Crippen LogP contribution >= 0.6 is 0 Å². The Bertz CT molecular complexity index is 899. The van der Waals surface area contributed by atoms with Gasteiger partial charge in [-0.25, -0.2) is 0 Å². The molecule has 2 aliphatic rings. The second-order valence-electron chi connectivity index (χ2n) is 8.68. The second-order valence-corrected chi connectivity index (χ2v) is 8.68. The lowest BCUT2D eigenvalue weighted by Gasteiger charge is -2.40. The summed E-state index contributed by atoms with van der Waals surface area (Å²) in [4.78, 5) is 29.6. The van der Waals surface area contributed by atoms with Crippen molar-refractivity contribution in [1.29, 1.82) is 0 Å². The summed E-state index contributed by atoms with van der Waals surface area (Å²) >= 11 is 0. The molecule has 0 aliphatic carbocycles. The molecule has 7 heteroatoms. The first-order valence-electron chi connectivity index (χ1n) is 11.4. The van der Waals surface area contributed by atoms with Gasteiger partial charge in [0.2, 0.25) is 0 Å². The van der Waals surface area contributed by atoms with Crippen LogP contribution in [0.2, 0.25) is 0 Å². The number of methoxy groups -OCH3 is 1. The lowest BCUT2D eigenvalue weighted by Crippen LogP contribution is -2.50. The van der Waals surface area contributed by atoms with Gasteiger partial charge in [0.25, 0.3) is 11.8 Å². The fourth-order valence-electron chi connectivity index (χ4n) is 4.87. The minimum Gasteiger partial charge on any atom is -0.497 e. The highest BCUT2D eigenvalue weighted by molar-refractivity contribution is 5.91. The van der Waals surface area contributed by atoms with E-state index in [-0.39, 0.29) is 29.9 Å². The van der Waals surface area contributed by atoms with Crippen LogP contribution in [0.5, 0.6) is 5.75 Å². The fraction of sp³-hybridized carbons (Fsp3) is 0.520. The molecule has 2 amide bonds. The third kappa shape index (κ3) is 4.99. The minimum atomic E-state index is -0.276. The van der Waals surface area contributed by atoms with Crippen LogP contribution in [0.25, 0.3) is 0 Å². The summed E-state index contributed by atoms with van der Waals surface area (Å²) < 4.78 is 16.3. The average molecular weight is 441 g/mol. The number of hydrogen-bond acceptors (Lipinski definition) is 5. The van der Waals surface area contributed by atoms with E-state index < -0.39 is 0 Å². The summed E-state index contributed by atoms with van der Waals surface area (Å²) in [6.45, 7) is 2.07. The van der Waals surface area contributed by atoms with Gasteiger partial charge in [-0.2, -0.15) is 0 Å². The lowest BCUT2D eigenvalue weighted by molar-refractivity contribution is -0.142. The van der Waals surface area contributed by atoms with Crippen LogP contribution in [0, 0.1) is 5.92 Å². The normalized spacial score (nSPS) is 20.2. The summed E-state index contributed by atoms with van der Waals surface area (Å²) in [6, 6.07) is 11.4. The number of likely N-dealkylation sites (N-methyl/N-ethyl adjacent to an activating group) is 1. The molecule has 2 saturated heterocycles. The number of amides is 2. The standard InChI is InChI=1S/C25H32N2O5/c1-26(24(28)22-8-4-14-31-22)21(17-18-6-3-7-20(16-18)30-2)19-10-12-27(13-11-19)25(29)23-9-5-15-32-23/h3-4,6-8,14,16,19,21,23H,5,9-13,15,17H2,1-2H3. The molecule has 2 aliphatic heterocycles. The summed E-state index contributed by atoms with van der Waals surface area (Å²) in [5.74, 6) is 1.41. The molecule has 0 bridgehead atoms. The largest absolute Gasteiger partial charge is 0.497 e. The van der Waals surface area contributed by atoms with E-state index >= 15 is 0 Å². The number of benzene rings is 1. The summed E-state index contributed by atoms with van der Waals surface area (Å²) in [5.41, 5.74) is 1.12. The highest BCUT2D eigenvalue weighted by Crippen LogP contribution is 2.29. The predicted molar refractivity (Wildman–Crippen MR) is 120 cm³/mol. The number of furan rings is 1. The van der Waals surface area contributed by atoms with Gasteiger partial charge in [0.15, 0.2) is 5.76 Å². The Morgan fingerprint density at radius 1 is 1.19 bits per heavy atom. The molecule has 2 fully saturated rings. The molecule has 0 radical (unpaired) electrons. The smallest absolute Gasteiger partial charge is 0.289 e. The van der Waals surface area contributed by atoms with Crippen molar-refractivity contribution in [3.05, 3.63) is 54.0 Å². The highest BCUT2D eigenvalue weighted by atomic mass is 16.5. The summed E-state index contributed by atoms with van der Waals surface area (Å²) in [5, 5.41) is 0. The number of likely N-dealkylation sites (tertiary alicyclic amines) is 1. The molecule has 1 aromatic carbocycles. The van der Waals surface area contributed by atoms with Crippen molar-refractivity contribution in [2.24, 2.45) is 5.92 Å². The molecule has 2 unspecified atom stereocenters. The van der Waals surface area contributed by atoms with E-state index in [0.717, 1.165) is 37.0 Å². The first-order valence-corrected chi connectivity index (χ1v) is 11.4. The summed E-state index contributed by atoms with van der Waals surface area (Å²) in [7, 11) is 3.50. The number of nitrogens with zero attached hydrogens (tertiary/aromatic N) is 2. The van der Waals surface area contributed by atoms with Gasteiger partial charge in [0, 0.05) is 32.8 Å². The molecule has 4 rings (SSSR count). The SMILES string of the molecule is COc1cccc(CC(C2CCN(C(=O)C3CCCO3)CC2)N(C)C(=O)c2ccco2)c1. The van der Waals surface area contributed by atoms with Crippen molar-refractivity contribution in [1.82, 2.24) is 9.80 Å². The van der Waals surface area contributed by atoms with Crippen molar-refractivity contribution in [3.63, 3.8) is 0 Å². The van der Waals surface area contributed by atoms with E-state index in [1.807, 2.05) is 30.1 Å². The molecule has 2 aromatic rings. The Kier molecular flexibility index (Phi) is 7.15. The molecular weight excluding hydrogens is 408 g/mol. The first-order chi connectivity index (χ1) is 15.6. The van der Waals surface area contributed by atoms with Gasteiger partial charge in [-0.1, -0.05) is 12.1 Å². The van der Waals surface area contributed by atoms with E-state index in [0.29, 0.717) is 31.9 Å². The molecule has 0 saturated carbocycles. The maximum absolute atomic E-state index is 13.1. The Balaban J connectivity index is 1.48. The zero-order chi connectivity index (χ0) is 22.5. The number of ether oxygens (including phenoxy) is 2. The Hall–Kier alpha value is -2.80. The molecule has 1 aromatic heterocycles. The third-order valence-corrected chi connectivity index (χ3v) is 6.73. The van der Waals surface area contributed by atoms with Crippen LogP contribution in [-0.2, 0) is 16.0 Å². The molecule has 2 atom stereocenters. The second kappa shape index (κ2) is 10.2. The average Bonchev–Trinajstić information content (AvgIpc) is 3.56. The van der Waals surface area contributed by atoms with Gasteiger partial charge in [-0.3, -0.25) is 9.59 Å². The van der Waals surface area contributed by atoms with Gasteiger partial charge >= 0.3 is 0 Å². The fourth-order valence-corrected chi connectivity index (χ4v) is 4.87. The molecule has 0 N–H and O–H groups in total. The zero-order valence-corrected chi connectivity index (χ0v) is 18.9. The first kappa shape index (κ1) is 22.4. The number of carbonyl (C=O) groups is 2. The van der Waals surface area contributed by atoms with Crippen LogP contribution in [0.15, 0.2) is 47.1 Å². The number of rotatable bonds is 7. The van der Waals surface area contributed by atoms with E-state index in [9.17, 15) is 9.59 Å². The number of carbonyl (C=O) groups excluding carboxylic acids is 2. The van der Waals surface area contributed by atoms with Crippen LogP contribution in [0.1, 0.15) is 41.8 Å². The van der Waals surface area contributed by atoms with Gasteiger partial charge in [0.05, 0.1) is 13.4 Å². The van der Waals surface area contributed by atoms with Gasteiger partial charge in [-0.15, -0.1) is 0 Å². The van der Waals surface area contributed by atoms with Crippen molar-refractivity contribution < 1.29 is 23.5 Å². The molecular formula is C25H32N2O5. The Morgan fingerprint density at radius 2 is 2.00 bits per heavy atom. The number of hydrogen-bond donors (Lipinski definition) is 0. The van der Waals surface area contributed by atoms with E-state index in [4.69, 9.17) is 13.9 Å². The molecule has 32 heavy (non-hydrogen) atoms. The van der Waals surface area contributed by atoms with Crippen LogP contribution in [0.4, 0.5) is 0 Å². The summed E-state index contributed by atoms with van der Waals surface area (Å²) in [6.07, 6.45) is 5.43. The maximum Gasteiger partial charge on any atom is 0.289 e. The zero-order valence-electron chi connectivity index (χ0n) is 18.9. The topological polar surface area (TPSA) is 72.2 Å². The molecule has 7 nitrogen and oxygen atoms in total. The van der Waals surface area contributed by atoms with Crippen molar-refractivity contribution in [2.45, 2.75) is 44.2 Å². The van der Waals surface area contributed by atoms with Crippen LogP contribution in [0.3, 0.4) is 0 Å². The lowest BCUT2D eigenvalue weighted by atomic mass is 9.84. The van der Waals surface area contributed by atoms with E-state index in [2.05, 4.69) is 6.07 Å². The quantitative estimate of drug-likeness (QED) is 0.660. The third-order valence-electron chi connectivity index (χ3n) is 6.73. The van der Waals surface area contributed by atoms with Gasteiger partial charge in [0.1, 0.15) is 11.9 Å². The molecule has 3 heterocycles. The van der Waals surface area contributed by atoms with Crippen LogP contribution in [-0.4, -0.2) is 67.6 Å².